The number of carbonyl (C=O) groups is 3. The molecule has 7 nitrogen and oxygen atoms in total. The van der Waals surface area contributed by atoms with E-state index in [1.54, 1.807) is 24.3 Å². The molecule has 0 bridgehead atoms. The summed E-state index contributed by atoms with van der Waals surface area (Å²) in [6.07, 6.45) is 0. The smallest absolute Gasteiger partial charge is 0.263 e. The summed E-state index contributed by atoms with van der Waals surface area (Å²) < 4.78 is 10.9. The Labute approximate surface area is 153 Å². The summed E-state index contributed by atoms with van der Waals surface area (Å²) in [4.78, 5) is 38.0. The molecule has 2 aliphatic rings. The van der Waals surface area contributed by atoms with Crippen molar-refractivity contribution in [2.45, 2.75) is 0 Å². The number of nitrogens with zero attached hydrogens (tertiary/aromatic N) is 1. The average molecular weight is 373 g/mol. The average Bonchev–Trinajstić information content (AvgIpc) is 2.87. The van der Waals surface area contributed by atoms with E-state index >= 15 is 0 Å². The van der Waals surface area contributed by atoms with Gasteiger partial charge >= 0.3 is 0 Å². The lowest BCUT2D eigenvalue weighted by atomic mass is 10.1. The number of imide groups is 1. The van der Waals surface area contributed by atoms with Crippen LogP contribution in [0.1, 0.15) is 20.7 Å². The second kappa shape index (κ2) is 6.34. The van der Waals surface area contributed by atoms with Crippen LogP contribution in [0.2, 0.25) is 5.02 Å². The van der Waals surface area contributed by atoms with Crippen LogP contribution in [0.15, 0.2) is 36.4 Å². The molecular weight excluding hydrogens is 360 g/mol. The highest BCUT2D eigenvalue weighted by Gasteiger charge is 2.38. The molecule has 2 heterocycles. The Hall–Kier alpha value is -3.06. The molecule has 2 aromatic carbocycles. The van der Waals surface area contributed by atoms with Crippen molar-refractivity contribution in [3.8, 4) is 11.5 Å². The van der Waals surface area contributed by atoms with E-state index in [1.165, 1.54) is 12.1 Å². The molecule has 26 heavy (non-hydrogen) atoms. The van der Waals surface area contributed by atoms with Gasteiger partial charge in [-0.15, -0.1) is 0 Å². The molecule has 0 spiro atoms. The highest BCUT2D eigenvalue weighted by molar-refractivity contribution is 6.37. The number of hydrogen-bond acceptors (Lipinski definition) is 5. The first-order valence-electron chi connectivity index (χ1n) is 7.89. The van der Waals surface area contributed by atoms with Crippen LogP contribution in [0.5, 0.6) is 11.5 Å². The Morgan fingerprint density at radius 1 is 1.08 bits per heavy atom. The first kappa shape index (κ1) is 16.4. The van der Waals surface area contributed by atoms with Crippen LogP contribution in [0.3, 0.4) is 0 Å². The number of rotatable bonds is 3. The number of nitrogens with one attached hydrogen (secondary N) is 1. The zero-order valence-electron chi connectivity index (χ0n) is 13.5. The topological polar surface area (TPSA) is 84.9 Å². The van der Waals surface area contributed by atoms with Gasteiger partial charge in [-0.05, 0) is 24.3 Å². The molecular formula is C18H13ClN2O5. The minimum Gasteiger partial charge on any atom is -0.486 e. The second-order valence-corrected chi connectivity index (χ2v) is 6.17. The maximum absolute atomic E-state index is 12.4. The van der Waals surface area contributed by atoms with Crippen molar-refractivity contribution in [2.24, 2.45) is 0 Å². The number of fused-ring (bicyclic) bond motifs is 2. The summed E-state index contributed by atoms with van der Waals surface area (Å²) in [5, 5.41) is 2.84. The van der Waals surface area contributed by atoms with Gasteiger partial charge in [0.15, 0.2) is 11.5 Å². The van der Waals surface area contributed by atoms with Crippen molar-refractivity contribution in [3.63, 3.8) is 0 Å². The van der Waals surface area contributed by atoms with Crippen LogP contribution in [0.25, 0.3) is 0 Å². The molecule has 4 rings (SSSR count). The normalized spacial score (nSPS) is 15.0. The van der Waals surface area contributed by atoms with Crippen molar-refractivity contribution in [2.75, 3.05) is 25.1 Å². The largest absolute Gasteiger partial charge is 0.486 e. The van der Waals surface area contributed by atoms with E-state index in [0.717, 1.165) is 4.90 Å². The van der Waals surface area contributed by atoms with Gasteiger partial charge in [0.25, 0.3) is 11.8 Å². The highest BCUT2D eigenvalue weighted by Crippen LogP contribution is 2.33. The van der Waals surface area contributed by atoms with E-state index in [9.17, 15) is 14.4 Å². The Balaban J connectivity index is 1.48. The zero-order chi connectivity index (χ0) is 18.3. The molecule has 132 valence electrons. The van der Waals surface area contributed by atoms with Crippen molar-refractivity contribution in [3.05, 3.63) is 52.5 Å². The van der Waals surface area contributed by atoms with Gasteiger partial charge in [0, 0.05) is 11.8 Å². The van der Waals surface area contributed by atoms with Crippen molar-refractivity contribution >= 4 is 35.0 Å². The number of halogens is 1. The van der Waals surface area contributed by atoms with Gasteiger partial charge in [0.1, 0.15) is 19.8 Å². The lowest BCUT2D eigenvalue weighted by molar-refractivity contribution is -0.116. The van der Waals surface area contributed by atoms with Crippen LogP contribution >= 0.6 is 11.6 Å². The van der Waals surface area contributed by atoms with Gasteiger partial charge < -0.3 is 14.8 Å². The fourth-order valence-corrected chi connectivity index (χ4v) is 3.16. The van der Waals surface area contributed by atoms with Crippen LogP contribution in [-0.4, -0.2) is 42.4 Å². The lowest BCUT2D eigenvalue weighted by Crippen LogP contribution is -2.37. The fraction of sp³-hybridized carbons (Fsp3) is 0.167. The zero-order valence-corrected chi connectivity index (χ0v) is 14.2. The Kier molecular flexibility index (Phi) is 4.00. The number of anilines is 1. The third-order valence-corrected chi connectivity index (χ3v) is 4.39. The van der Waals surface area contributed by atoms with Crippen LogP contribution in [0.4, 0.5) is 5.69 Å². The third-order valence-electron chi connectivity index (χ3n) is 4.08. The Morgan fingerprint density at radius 3 is 2.62 bits per heavy atom. The van der Waals surface area contributed by atoms with E-state index in [4.69, 9.17) is 21.1 Å². The number of ether oxygens (including phenoxy) is 2. The molecule has 0 saturated heterocycles. The van der Waals surface area contributed by atoms with Crippen LogP contribution in [0, 0.1) is 0 Å². The molecule has 0 atom stereocenters. The predicted molar refractivity (Wildman–Crippen MR) is 92.9 cm³/mol. The number of amides is 3. The maximum atomic E-state index is 12.4. The lowest BCUT2D eigenvalue weighted by Gasteiger charge is -2.19. The molecule has 0 saturated carbocycles. The van der Waals surface area contributed by atoms with E-state index < -0.39 is 24.3 Å². The van der Waals surface area contributed by atoms with Crippen LogP contribution in [-0.2, 0) is 4.79 Å². The van der Waals surface area contributed by atoms with Crippen LogP contribution < -0.4 is 14.8 Å². The van der Waals surface area contributed by atoms with Gasteiger partial charge in [-0.2, -0.15) is 0 Å². The molecule has 0 radical (unpaired) electrons. The minimum absolute atomic E-state index is 0.131. The first-order chi connectivity index (χ1) is 12.5. The molecule has 1 N–H and O–H groups in total. The number of hydrogen-bond donors (Lipinski definition) is 1. The van der Waals surface area contributed by atoms with Crippen molar-refractivity contribution in [1.82, 2.24) is 4.90 Å². The van der Waals surface area contributed by atoms with E-state index in [2.05, 4.69) is 5.32 Å². The minimum atomic E-state index is -0.576. The molecule has 0 aliphatic carbocycles. The maximum Gasteiger partial charge on any atom is 0.263 e. The van der Waals surface area contributed by atoms with Gasteiger partial charge in [0.2, 0.25) is 5.91 Å². The summed E-state index contributed by atoms with van der Waals surface area (Å²) in [5.74, 6) is -0.490. The molecule has 3 amide bonds. The van der Waals surface area contributed by atoms with Gasteiger partial charge in [-0.25, -0.2) is 0 Å². The molecule has 8 heteroatoms. The number of benzene rings is 2. The molecule has 0 fully saturated rings. The highest BCUT2D eigenvalue weighted by atomic mass is 35.5. The summed E-state index contributed by atoms with van der Waals surface area (Å²) in [6.45, 7) is 0.498. The molecule has 2 aliphatic heterocycles. The number of carbonyl (C=O) groups excluding carboxylic acids is 3. The summed E-state index contributed by atoms with van der Waals surface area (Å²) in [7, 11) is 0. The Morgan fingerprint density at radius 2 is 1.85 bits per heavy atom. The summed E-state index contributed by atoms with van der Waals surface area (Å²) >= 11 is 6.00. The van der Waals surface area contributed by atoms with Crippen molar-refractivity contribution < 1.29 is 23.9 Å². The van der Waals surface area contributed by atoms with E-state index in [1.807, 2.05) is 0 Å². The quantitative estimate of drug-likeness (QED) is 0.836. The summed E-state index contributed by atoms with van der Waals surface area (Å²) in [5.41, 5.74) is 0.815. The molecule has 2 aromatic rings. The van der Waals surface area contributed by atoms with Crippen molar-refractivity contribution in [1.29, 1.82) is 0 Å². The third kappa shape index (κ3) is 2.76. The molecule has 0 aromatic heterocycles. The summed E-state index contributed by atoms with van der Waals surface area (Å²) in [6, 6.07) is 9.61. The van der Waals surface area contributed by atoms with E-state index in [-0.39, 0.29) is 16.1 Å². The second-order valence-electron chi connectivity index (χ2n) is 5.77. The van der Waals surface area contributed by atoms with E-state index in [0.29, 0.717) is 30.4 Å². The Bertz CT molecular complexity index is 943. The predicted octanol–water partition coefficient (Wildman–Crippen LogP) is 2.35. The first-order valence-corrected chi connectivity index (χ1v) is 8.26. The SMILES string of the molecule is O=C(CN1C(=O)c2cccc(Cl)c2C1=O)Nc1ccc2c(c1)OCCO2. The van der Waals surface area contributed by atoms with Gasteiger partial charge in [0.05, 0.1) is 16.1 Å². The fourth-order valence-electron chi connectivity index (χ4n) is 2.90. The monoisotopic (exact) mass is 372 g/mol. The van der Waals surface area contributed by atoms with Gasteiger partial charge in [-0.3, -0.25) is 19.3 Å². The standard InChI is InChI=1S/C18H13ClN2O5/c19-12-3-1-2-11-16(12)18(24)21(17(11)23)9-15(22)20-10-4-5-13-14(8-10)26-7-6-25-13/h1-5,8H,6-7,9H2,(H,20,22). The molecule has 0 unspecified atom stereocenters. The van der Waals surface area contributed by atoms with Gasteiger partial charge in [-0.1, -0.05) is 17.7 Å².